The van der Waals surface area contributed by atoms with Gasteiger partial charge in [0, 0.05) is 0 Å². The van der Waals surface area contributed by atoms with E-state index in [1.165, 1.54) is 25.7 Å². The van der Waals surface area contributed by atoms with Gasteiger partial charge in [0.25, 0.3) is 0 Å². The van der Waals surface area contributed by atoms with Crippen LogP contribution in [0.25, 0.3) is 0 Å². The summed E-state index contributed by atoms with van der Waals surface area (Å²) in [5.41, 5.74) is 6.24. The third-order valence-corrected chi connectivity index (χ3v) is 4.14. The van der Waals surface area contributed by atoms with Crippen LogP contribution in [-0.2, 0) is 0 Å². The van der Waals surface area contributed by atoms with Crippen molar-refractivity contribution in [2.24, 2.45) is 23.5 Å². The lowest BCUT2D eigenvalue weighted by Gasteiger charge is -2.33. The molecule has 2 heteroatoms. The van der Waals surface area contributed by atoms with Crippen molar-refractivity contribution < 1.29 is 4.42 Å². The van der Waals surface area contributed by atoms with E-state index in [0.29, 0.717) is 5.92 Å². The van der Waals surface area contributed by atoms with Crippen LogP contribution in [0, 0.1) is 17.8 Å². The smallest absolute Gasteiger partial charge is 0.120 e. The Bertz CT molecular complexity index is 297. The standard InChI is InChI=1S/C14H23NO/c1-10(2)11-5-7-12(8-6-11)14(15)13-4-3-9-16-13/h3-4,9-12,14H,5-8,15H2,1-2H3. The molecule has 0 saturated heterocycles. The van der Waals surface area contributed by atoms with Gasteiger partial charge in [-0.1, -0.05) is 13.8 Å². The first-order valence-electron chi connectivity index (χ1n) is 6.47. The quantitative estimate of drug-likeness (QED) is 0.844. The summed E-state index contributed by atoms with van der Waals surface area (Å²) in [5.74, 6) is 3.29. The first-order chi connectivity index (χ1) is 7.68. The fourth-order valence-corrected chi connectivity index (χ4v) is 2.88. The first-order valence-corrected chi connectivity index (χ1v) is 6.47. The molecule has 1 heterocycles. The number of hydrogen-bond acceptors (Lipinski definition) is 2. The predicted molar refractivity (Wildman–Crippen MR) is 65.9 cm³/mol. The summed E-state index contributed by atoms with van der Waals surface area (Å²) in [7, 11) is 0. The highest BCUT2D eigenvalue weighted by Crippen LogP contribution is 2.38. The van der Waals surface area contributed by atoms with Gasteiger partial charge in [-0.2, -0.15) is 0 Å². The average Bonchev–Trinajstić information content (AvgIpc) is 2.81. The molecule has 90 valence electrons. The fourth-order valence-electron chi connectivity index (χ4n) is 2.88. The summed E-state index contributed by atoms with van der Waals surface area (Å²) in [6.45, 7) is 4.66. The maximum atomic E-state index is 6.24. The number of furan rings is 1. The monoisotopic (exact) mass is 221 g/mol. The molecule has 2 N–H and O–H groups in total. The molecule has 1 aromatic heterocycles. The largest absolute Gasteiger partial charge is 0.468 e. The molecule has 1 fully saturated rings. The lowest BCUT2D eigenvalue weighted by molar-refractivity contribution is 0.194. The van der Waals surface area contributed by atoms with Crippen molar-refractivity contribution in [3.63, 3.8) is 0 Å². The molecule has 1 aromatic rings. The molecule has 1 aliphatic rings. The van der Waals surface area contributed by atoms with E-state index in [4.69, 9.17) is 10.2 Å². The van der Waals surface area contributed by atoms with Gasteiger partial charge in [-0.05, 0) is 55.6 Å². The summed E-state index contributed by atoms with van der Waals surface area (Å²) in [6, 6.07) is 4.02. The van der Waals surface area contributed by atoms with Crippen molar-refractivity contribution in [2.75, 3.05) is 0 Å². The zero-order valence-electron chi connectivity index (χ0n) is 10.4. The summed E-state index contributed by atoms with van der Waals surface area (Å²) in [6.07, 6.45) is 6.89. The fraction of sp³-hybridized carbons (Fsp3) is 0.714. The molecule has 2 rings (SSSR count). The van der Waals surface area contributed by atoms with Gasteiger partial charge < -0.3 is 10.2 Å². The molecule has 0 bridgehead atoms. The normalized spacial score (nSPS) is 28.2. The second-order valence-corrected chi connectivity index (χ2v) is 5.46. The van der Waals surface area contributed by atoms with Crippen LogP contribution < -0.4 is 5.73 Å². The molecule has 0 spiro atoms. The Morgan fingerprint density at radius 3 is 2.31 bits per heavy atom. The lowest BCUT2D eigenvalue weighted by Crippen LogP contribution is -2.27. The van der Waals surface area contributed by atoms with Gasteiger partial charge in [0.1, 0.15) is 5.76 Å². The van der Waals surface area contributed by atoms with Gasteiger partial charge in [-0.15, -0.1) is 0 Å². The van der Waals surface area contributed by atoms with E-state index in [0.717, 1.165) is 17.6 Å². The molecule has 0 radical (unpaired) electrons. The molecule has 1 saturated carbocycles. The number of nitrogens with two attached hydrogens (primary N) is 1. The minimum absolute atomic E-state index is 0.100. The van der Waals surface area contributed by atoms with E-state index in [2.05, 4.69) is 13.8 Å². The van der Waals surface area contributed by atoms with Crippen LogP contribution in [0.2, 0.25) is 0 Å². The Morgan fingerprint density at radius 1 is 1.19 bits per heavy atom. The molecular formula is C14H23NO. The molecule has 16 heavy (non-hydrogen) atoms. The van der Waals surface area contributed by atoms with E-state index in [9.17, 15) is 0 Å². The van der Waals surface area contributed by atoms with E-state index >= 15 is 0 Å². The second-order valence-electron chi connectivity index (χ2n) is 5.46. The summed E-state index contributed by atoms with van der Waals surface area (Å²) < 4.78 is 5.40. The molecule has 0 amide bonds. The van der Waals surface area contributed by atoms with Gasteiger partial charge in [0.05, 0.1) is 12.3 Å². The zero-order chi connectivity index (χ0) is 11.5. The molecule has 0 aliphatic heterocycles. The third kappa shape index (κ3) is 2.49. The highest BCUT2D eigenvalue weighted by molar-refractivity contribution is 5.05. The minimum Gasteiger partial charge on any atom is -0.468 e. The van der Waals surface area contributed by atoms with Crippen molar-refractivity contribution in [1.29, 1.82) is 0 Å². The number of hydrogen-bond donors (Lipinski definition) is 1. The summed E-state index contributed by atoms with van der Waals surface area (Å²) >= 11 is 0. The Hall–Kier alpha value is -0.760. The Morgan fingerprint density at radius 2 is 1.81 bits per heavy atom. The van der Waals surface area contributed by atoms with Gasteiger partial charge in [-0.3, -0.25) is 0 Å². The summed E-state index contributed by atoms with van der Waals surface area (Å²) in [5, 5.41) is 0. The van der Waals surface area contributed by atoms with Crippen molar-refractivity contribution in [2.45, 2.75) is 45.6 Å². The Labute approximate surface area is 98.2 Å². The topological polar surface area (TPSA) is 39.2 Å². The van der Waals surface area contributed by atoms with Crippen LogP contribution >= 0.6 is 0 Å². The van der Waals surface area contributed by atoms with Crippen molar-refractivity contribution in [3.05, 3.63) is 24.2 Å². The van der Waals surface area contributed by atoms with Crippen molar-refractivity contribution in [1.82, 2.24) is 0 Å². The predicted octanol–water partition coefficient (Wildman–Crippen LogP) is 3.74. The van der Waals surface area contributed by atoms with E-state index in [1.807, 2.05) is 12.1 Å². The van der Waals surface area contributed by atoms with Crippen LogP contribution in [0.1, 0.15) is 51.3 Å². The van der Waals surface area contributed by atoms with Crippen LogP contribution in [0.5, 0.6) is 0 Å². The minimum atomic E-state index is 0.100. The maximum Gasteiger partial charge on any atom is 0.120 e. The highest BCUT2D eigenvalue weighted by Gasteiger charge is 2.28. The molecule has 1 unspecified atom stereocenters. The summed E-state index contributed by atoms with van der Waals surface area (Å²) in [4.78, 5) is 0. The van der Waals surface area contributed by atoms with Gasteiger partial charge >= 0.3 is 0 Å². The Kier molecular flexibility index (Phi) is 3.70. The van der Waals surface area contributed by atoms with Crippen molar-refractivity contribution in [3.8, 4) is 0 Å². The van der Waals surface area contributed by atoms with Crippen molar-refractivity contribution >= 4 is 0 Å². The first kappa shape index (κ1) is 11.7. The molecule has 1 aliphatic carbocycles. The number of rotatable bonds is 3. The van der Waals surface area contributed by atoms with Crippen LogP contribution in [0.15, 0.2) is 22.8 Å². The van der Waals surface area contributed by atoms with Crippen LogP contribution in [-0.4, -0.2) is 0 Å². The molecule has 1 atom stereocenters. The third-order valence-electron chi connectivity index (χ3n) is 4.14. The molecule has 0 aromatic carbocycles. The lowest BCUT2D eigenvalue weighted by atomic mass is 9.74. The average molecular weight is 221 g/mol. The maximum absolute atomic E-state index is 6.24. The van der Waals surface area contributed by atoms with E-state index in [1.54, 1.807) is 6.26 Å². The Balaban J connectivity index is 1.89. The SMILES string of the molecule is CC(C)C1CCC(C(N)c2ccco2)CC1. The van der Waals surface area contributed by atoms with E-state index in [-0.39, 0.29) is 6.04 Å². The molecule has 2 nitrogen and oxygen atoms in total. The van der Waals surface area contributed by atoms with Crippen LogP contribution in [0.3, 0.4) is 0 Å². The van der Waals surface area contributed by atoms with Gasteiger partial charge in [0.2, 0.25) is 0 Å². The zero-order valence-corrected chi connectivity index (χ0v) is 10.4. The van der Waals surface area contributed by atoms with Gasteiger partial charge in [-0.25, -0.2) is 0 Å². The van der Waals surface area contributed by atoms with Crippen LogP contribution in [0.4, 0.5) is 0 Å². The second kappa shape index (κ2) is 5.05. The van der Waals surface area contributed by atoms with E-state index < -0.39 is 0 Å². The van der Waals surface area contributed by atoms with Gasteiger partial charge in [0.15, 0.2) is 0 Å². The highest BCUT2D eigenvalue weighted by atomic mass is 16.3. The molecular weight excluding hydrogens is 198 g/mol.